The molecule has 0 fully saturated rings. The van der Waals surface area contributed by atoms with Crippen LogP contribution in [0.5, 0.6) is 5.75 Å². The van der Waals surface area contributed by atoms with Crippen molar-refractivity contribution in [3.05, 3.63) is 50.7 Å². The first-order valence-electron chi connectivity index (χ1n) is 8.15. The van der Waals surface area contributed by atoms with E-state index in [4.69, 9.17) is 44.3 Å². The van der Waals surface area contributed by atoms with Crippen molar-refractivity contribution in [2.24, 2.45) is 0 Å². The normalized spacial score (nSPS) is 18.6. The third-order valence-electron chi connectivity index (χ3n) is 4.06. The minimum atomic E-state index is -1.35. The Morgan fingerprint density at radius 2 is 1.55 bits per heavy atom. The Morgan fingerprint density at radius 1 is 0.966 bits per heavy atom. The van der Waals surface area contributed by atoms with Crippen molar-refractivity contribution in [1.29, 1.82) is 0 Å². The molecule has 29 heavy (non-hydrogen) atoms. The molecule has 1 aromatic carbocycles. The number of methoxy groups -OCH3 is 3. The first-order valence-corrected chi connectivity index (χ1v) is 9.28. The lowest BCUT2D eigenvalue weighted by atomic mass is 9.92. The summed E-state index contributed by atoms with van der Waals surface area (Å²) in [4.78, 5) is 35.6. The molecule has 1 atom stereocenters. The smallest absolute Gasteiger partial charge is 0.309 e. The number of rotatable bonds is 7. The Balaban J connectivity index is 2.39. The van der Waals surface area contributed by atoms with Crippen molar-refractivity contribution in [2.75, 3.05) is 21.3 Å². The van der Waals surface area contributed by atoms with Crippen LogP contribution in [-0.2, 0) is 35.0 Å². The molecule has 0 N–H and O–H groups in total. The molecule has 0 heterocycles. The summed E-state index contributed by atoms with van der Waals surface area (Å²) in [5.41, 5.74) is -0.852. The van der Waals surface area contributed by atoms with E-state index in [9.17, 15) is 14.4 Å². The molecule has 0 saturated heterocycles. The zero-order valence-electron chi connectivity index (χ0n) is 15.7. The lowest BCUT2D eigenvalue weighted by Gasteiger charge is -2.29. The molecule has 0 amide bonds. The standard InChI is InChI=1S/C19H17Cl3O7/c1-26-15(23)6-10-4-11(20)18(12(21)5-10)29-14-8-19(28-3,9-16(24)27-2)7-13(22)17(14)25/h4-5,7-8H,6,9H2,1-3H3. The highest BCUT2D eigenvalue weighted by atomic mass is 35.5. The molecule has 0 spiro atoms. The monoisotopic (exact) mass is 462 g/mol. The number of carbonyl (C=O) groups is 3. The predicted molar refractivity (Wildman–Crippen MR) is 106 cm³/mol. The van der Waals surface area contributed by atoms with Crippen LogP contribution in [0.2, 0.25) is 10.0 Å². The molecule has 10 heteroatoms. The molecule has 0 aliphatic heterocycles. The molecular formula is C19H17Cl3O7. The largest absolute Gasteiger partial charge is 0.469 e. The summed E-state index contributed by atoms with van der Waals surface area (Å²) in [5.74, 6) is -1.94. The third-order valence-corrected chi connectivity index (χ3v) is 4.90. The molecule has 1 aliphatic carbocycles. The highest BCUT2D eigenvalue weighted by Crippen LogP contribution is 2.38. The van der Waals surface area contributed by atoms with Gasteiger partial charge in [-0.3, -0.25) is 14.4 Å². The van der Waals surface area contributed by atoms with Crippen LogP contribution in [0.25, 0.3) is 0 Å². The van der Waals surface area contributed by atoms with E-state index in [-0.39, 0.29) is 39.4 Å². The van der Waals surface area contributed by atoms with Gasteiger partial charge in [-0.1, -0.05) is 34.8 Å². The average molecular weight is 464 g/mol. The first-order chi connectivity index (χ1) is 13.6. The van der Waals surface area contributed by atoms with E-state index in [1.165, 1.54) is 45.6 Å². The maximum Gasteiger partial charge on any atom is 0.309 e. The summed E-state index contributed by atoms with van der Waals surface area (Å²) in [6.45, 7) is 0. The number of Topliss-reactive ketones (excluding diaryl/α,β-unsaturated/α-hetero) is 1. The number of halogens is 3. The summed E-state index contributed by atoms with van der Waals surface area (Å²) in [5, 5.41) is -0.0821. The lowest BCUT2D eigenvalue weighted by molar-refractivity contribution is -0.144. The van der Waals surface area contributed by atoms with Crippen molar-refractivity contribution in [3.63, 3.8) is 0 Å². The second-order valence-corrected chi connectivity index (χ2v) is 7.21. The van der Waals surface area contributed by atoms with Crippen LogP contribution < -0.4 is 4.74 Å². The minimum Gasteiger partial charge on any atom is -0.469 e. The van der Waals surface area contributed by atoms with Gasteiger partial charge in [0.15, 0.2) is 11.5 Å². The van der Waals surface area contributed by atoms with E-state index >= 15 is 0 Å². The number of ether oxygens (including phenoxy) is 4. The lowest BCUT2D eigenvalue weighted by Crippen LogP contribution is -2.35. The van der Waals surface area contributed by atoms with Crippen molar-refractivity contribution in [3.8, 4) is 5.75 Å². The van der Waals surface area contributed by atoms with Gasteiger partial charge in [0.05, 0.1) is 42.1 Å². The molecule has 0 radical (unpaired) electrons. The van der Waals surface area contributed by atoms with Gasteiger partial charge in [-0.25, -0.2) is 0 Å². The van der Waals surface area contributed by atoms with Crippen molar-refractivity contribution in [1.82, 2.24) is 0 Å². The van der Waals surface area contributed by atoms with Gasteiger partial charge in [0, 0.05) is 7.11 Å². The number of carbonyl (C=O) groups excluding carboxylic acids is 3. The van der Waals surface area contributed by atoms with E-state index in [1.807, 2.05) is 0 Å². The van der Waals surface area contributed by atoms with Crippen LogP contribution in [0.1, 0.15) is 12.0 Å². The zero-order chi connectivity index (χ0) is 21.8. The van der Waals surface area contributed by atoms with E-state index in [0.717, 1.165) is 0 Å². The number of esters is 2. The van der Waals surface area contributed by atoms with Gasteiger partial charge in [-0.2, -0.15) is 0 Å². The highest BCUT2D eigenvalue weighted by Gasteiger charge is 2.37. The Bertz CT molecular complexity index is 884. The van der Waals surface area contributed by atoms with Gasteiger partial charge in [0.2, 0.25) is 5.78 Å². The van der Waals surface area contributed by atoms with E-state index < -0.39 is 23.3 Å². The molecule has 156 valence electrons. The highest BCUT2D eigenvalue weighted by molar-refractivity contribution is 6.45. The van der Waals surface area contributed by atoms with Gasteiger partial charge in [0.25, 0.3) is 0 Å². The molecule has 1 aliphatic rings. The van der Waals surface area contributed by atoms with E-state index in [2.05, 4.69) is 9.47 Å². The van der Waals surface area contributed by atoms with Gasteiger partial charge >= 0.3 is 11.9 Å². The molecule has 2 rings (SSSR count). The third kappa shape index (κ3) is 5.51. The molecule has 0 bridgehead atoms. The minimum absolute atomic E-state index is 0.0176. The Hall–Kier alpha value is -2.06. The van der Waals surface area contributed by atoms with E-state index in [1.54, 1.807) is 0 Å². The van der Waals surface area contributed by atoms with Crippen LogP contribution in [0.15, 0.2) is 35.1 Å². The van der Waals surface area contributed by atoms with Crippen molar-refractivity contribution >= 4 is 52.5 Å². The Morgan fingerprint density at radius 3 is 2.07 bits per heavy atom. The van der Waals surface area contributed by atoms with Crippen LogP contribution in [0, 0.1) is 0 Å². The summed E-state index contributed by atoms with van der Waals surface area (Å²) < 4.78 is 20.3. The molecule has 0 aromatic heterocycles. The number of hydrogen-bond donors (Lipinski definition) is 0. The van der Waals surface area contributed by atoms with Crippen molar-refractivity contribution in [2.45, 2.75) is 18.4 Å². The van der Waals surface area contributed by atoms with Crippen LogP contribution >= 0.6 is 34.8 Å². The van der Waals surface area contributed by atoms with Gasteiger partial charge in [0.1, 0.15) is 5.60 Å². The average Bonchev–Trinajstić information content (AvgIpc) is 2.67. The fourth-order valence-corrected chi connectivity index (χ4v) is 3.44. The zero-order valence-corrected chi connectivity index (χ0v) is 18.0. The van der Waals surface area contributed by atoms with Crippen LogP contribution in [0.4, 0.5) is 0 Å². The van der Waals surface area contributed by atoms with Gasteiger partial charge in [-0.05, 0) is 29.8 Å². The quantitative estimate of drug-likeness (QED) is 0.571. The van der Waals surface area contributed by atoms with Crippen LogP contribution in [0.3, 0.4) is 0 Å². The SMILES string of the molecule is COC(=O)Cc1cc(Cl)c(OC2=CC(CC(=O)OC)(OC)C=C(Cl)C2=O)c(Cl)c1. The second kappa shape index (κ2) is 9.63. The maximum atomic E-state index is 12.4. The molecular weight excluding hydrogens is 447 g/mol. The number of benzene rings is 1. The maximum absolute atomic E-state index is 12.4. The number of ketones is 1. The van der Waals surface area contributed by atoms with Gasteiger partial charge < -0.3 is 18.9 Å². The van der Waals surface area contributed by atoms with Crippen LogP contribution in [-0.4, -0.2) is 44.7 Å². The number of allylic oxidation sites excluding steroid dienone is 1. The predicted octanol–water partition coefficient (Wildman–Crippen LogP) is 3.63. The Labute approximate surface area is 182 Å². The Kier molecular flexibility index (Phi) is 7.71. The fraction of sp³-hybridized carbons (Fsp3) is 0.316. The fourth-order valence-electron chi connectivity index (χ4n) is 2.55. The summed E-state index contributed by atoms with van der Waals surface area (Å²) in [6, 6.07) is 2.92. The summed E-state index contributed by atoms with van der Waals surface area (Å²) in [7, 11) is 3.83. The van der Waals surface area contributed by atoms with Gasteiger partial charge in [-0.15, -0.1) is 0 Å². The summed E-state index contributed by atoms with van der Waals surface area (Å²) >= 11 is 18.5. The second-order valence-electron chi connectivity index (χ2n) is 5.99. The summed E-state index contributed by atoms with van der Waals surface area (Å²) in [6.07, 6.45) is 2.31. The van der Waals surface area contributed by atoms with E-state index in [0.29, 0.717) is 5.56 Å². The number of hydrogen-bond acceptors (Lipinski definition) is 7. The van der Waals surface area contributed by atoms with Crippen molar-refractivity contribution < 1.29 is 33.3 Å². The molecule has 0 saturated carbocycles. The molecule has 7 nitrogen and oxygen atoms in total. The first kappa shape index (κ1) is 23.2. The molecule has 1 unspecified atom stereocenters. The molecule has 1 aromatic rings. The topological polar surface area (TPSA) is 88.1 Å².